The number of rotatable bonds is 2. The van der Waals surface area contributed by atoms with Crippen LogP contribution in [0.1, 0.15) is 29.2 Å². The summed E-state index contributed by atoms with van der Waals surface area (Å²) in [6.07, 6.45) is 1.48. The Morgan fingerprint density at radius 1 is 1.58 bits per heavy atom. The first-order chi connectivity index (χ1) is 5.79. The van der Waals surface area contributed by atoms with Crippen molar-refractivity contribution < 1.29 is 4.79 Å². The smallest absolute Gasteiger partial charge is 0.134 e. The summed E-state index contributed by atoms with van der Waals surface area (Å²) >= 11 is 1.73. The summed E-state index contributed by atoms with van der Waals surface area (Å²) in [5.74, 6) is 0.894. The second kappa shape index (κ2) is 2.99. The molecular weight excluding hydrogens is 170 g/mol. The Bertz CT molecular complexity index is 297. The maximum Gasteiger partial charge on any atom is 0.134 e. The highest BCUT2D eigenvalue weighted by atomic mass is 32.1. The minimum Gasteiger partial charge on any atom is -0.326 e. The van der Waals surface area contributed by atoms with Crippen LogP contribution in [0.15, 0.2) is 11.4 Å². The largest absolute Gasteiger partial charge is 0.326 e. The molecule has 0 saturated heterocycles. The molecule has 1 heterocycles. The standard InChI is InChI=1S/C9H11NOS/c10-4-6-1-9(12-5-6)7-2-8(11)3-7/h1,5,7H,2-4,10H2. The van der Waals surface area contributed by atoms with Gasteiger partial charge in [0, 0.05) is 30.2 Å². The van der Waals surface area contributed by atoms with Crippen LogP contribution in [0.5, 0.6) is 0 Å². The molecule has 2 N–H and O–H groups in total. The van der Waals surface area contributed by atoms with E-state index in [-0.39, 0.29) is 0 Å². The van der Waals surface area contributed by atoms with Crippen LogP contribution in [0.4, 0.5) is 0 Å². The molecule has 0 unspecified atom stereocenters. The molecule has 0 radical (unpaired) electrons. The molecule has 0 spiro atoms. The summed E-state index contributed by atoms with van der Waals surface area (Å²) in [5.41, 5.74) is 6.68. The minimum absolute atomic E-state index is 0.391. The second-order valence-corrected chi connectivity index (χ2v) is 4.15. The van der Waals surface area contributed by atoms with E-state index in [1.807, 2.05) is 0 Å². The molecule has 1 aromatic heterocycles. The van der Waals surface area contributed by atoms with Gasteiger partial charge in [0.2, 0.25) is 0 Å². The van der Waals surface area contributed by atoms with Crippen LogP contribution in [0.3, 0.4) is 0 Å². The quantitative estimate of drug-likeness (QED) is 0.754. The van der Waals surface area contributed by atoms with Crippen molar-refractivity contribution in [1.29, 1.82) is 0 Å². The average molecular weight is 181 g/mol. The number of hydrogen-bond acceptors (Lipinski definition) is 3. The van der Waals surface area contributed by atoms with E-state index in [0.29, 0.717) is 18.2 Å². The van der Waals surface area contributed by atoms with Crippen LogP contribution in [0.25, 0.3) is 0 Å². The number of ketones is 1. The van der Waals surface area contributed by atoms with Crippen molar-refractivity contribution in [2.45, 2.75) is 25.3 Å². The van der Waals surface area contributed by atoms with Gasteiger partial charge in [-0.15, -0.1) is 11.3 Å². The van der Waals surface area contributed by atoms with Gasteiger partial charge in [-0.3, -0.25) is 4.79 Å². The molecule has 64 valence electrons. The first-order valence-corrected chi connectivity index (χ1v) is 4.96. The molecule has 1 saturated carbocycles. The molecule has 12 heavy (non-hydrogen) atoms. The van der Waals surface area contributed by atoms with Gasteiger partial charge >= 0.3 is 0 Å². The predicted molar refractivity (Wildman–Crippen MR) is 49.2 cm³/mol. The molecule has 0 atom stereocenters. The van der Waals surface area contributed by atoms with E-state index in [1.54, 1.807) is 11.3 Å². The number of thiophene rings is 1. The first-order valence-electron chi connectivity index (χ1n) is 4.08. The Kier molecular flexibility index (Phi) is 1.98. The van der Waals surface area contributed by atoms with Gasteiger partial charge in [0.25, 0.3) is 0 Å². The summed E-state index contributed by atoms with van der Waals surface area (Å²) in [6, 6.07) is 2.13. The van der Waals surface area contributed by atoms with Gasteiger partial charge in [0.05, 0.1) is 0 Å². The fourth-order valence-electron chi connectivity index (χ4n) is 1.41. The number of hydrogen-bond donors (Lipinski definition) is 1. The zero-order chi connectivity index (χ0) is 8.55. The van der Waals surface area contributed by atoms with E-state index >= 15 is 0 Å². The predicted octanol–water partition coefficient (Wildman–Crippen LogP) is 1.65. The maximum absolute atomic E-state index is 10.7. The molecule has 0 amide bonds. The minimum atomic E-state index is 0.391. The van der Waals surface area contributed by atoms with Crippen molar-refractivity contribution in [2.24, 2.45) is 5.73 Å². The summed E-state index contributed by atoms with van der Waals surface area (Å²) in [5, 5.41) is 2.08. The van der Waals surface area contributed by atoms with Gasteiger partial charge in [-0.25, -0.2) is 0 Å². The monoisotopic (exact) mass is 181 g/mol. The zero-order valence-corrected chi connectivity index (χ0v) is 7.56. The summed E-state index contributed by atoms with van der Waals surface area (Å²) in [6.45, 7) is 0.608. The lowest BCUT2D eigenvalue weighted by Crippen LogP contribution is -2.20. The third kappa shape index (κ3) is 1.30. The Labute approximate surface area is 75.4 Å². The van der Waals surface area contributed by atoms with Crippen LogP contribution in [0, 0.1) is 0 Å². The molecule has 0 bridgehead atoms. The topological polar surface area (TPSA) is 43.1 Å². The summed E-state index contributed by atoms with van der Waals surface area (Å²) in [7, 11) is 0. The Morgan fingerprint density at radius 2 is 2.33 bits per heavy atom. The van der Waals surface area contributed by atoms with Gasteiger partial charge in [-0.2, -0.15) is 0 Å². The fraction of sp³-hybridized carbons (Fsp3) is 0.444. The molecule has 2 rings (SSSR count). The van der Waals surface area contributed by atoms with Gasteiger partial charge < -0.3 is 5.73 Å². The zero-order valence-electron chi connectivity index (χ0n) is 6.75. The molecule has 1 aliphatic carbocycles. The highest BCUT2D eigenvalue weighted by molar-refractivity contribution is 7.10. The van der Waals surface area contributed by atoms with Crippen LogP contribution >= 0.6 is 11.3 Å². The number of nitrogens with two attached hydrogens (primary N) is 1. The normalized spacial score (nSPS) is 17.9. The Morgan fingerprint density at radius 3 is 2.83 bits per heavy atom. The van der Waals surface area contributed by atoms with Crippen molar-refractivity contribution in [3.63, 3.8) is 0 Å². The van der Waals surface area contributed by atoms with Gasteiger partial charge in [0.15, 0.2) is 0 Å². The lowest BCUT2D eigenvalue weighted by molar-refractivity contribution is -0.124. The Hall–Kier alpha value is -0.670. The van der Waals surface area contributed by atoms with E-state index in [0.717, 1.165) is 12.8 Å². The van der Waals surface area contributed by atoms with Crippen LogP contribution in [0.2, 0.25) is 0 Å². The summed E-state index contributed by atoms with van der Waals surface area (Å²) < 4.78 is 0. The number of Topliss-reactive ketones (excluding diaryl/α,β-unsaturated/α-hetero) is 1. The van der Waals surface area contributed by atoms with Crippen LogP contribution < -0.4 is 5.73 Å². The molecule has 2 nitrogen and oxygen atoms in total. The maximum atomic E-state index is 10.7. The highest BCUT2D eigenvalue weighted by Crippen LogP contribution is 2.36. The molecule has 1 aliphatic rings. The lowest BCUT2D eigenvalue weighted by atomic mass is 9.83. The van der Waals surface area contributed by atoms with E-state index < -0.39 is 0 Å². The van der Waals surface area contributed by atoms with Gasteiger partial charge in [-0.05, 0) is 17.0 Å². The van der Waals surface area contributed by atoms with Crippen LogP contribution in [-0.2, 0) is 11.3 Å². The third-order valence-corrected chi connectivity index (χ3v) is 3.40. The summed E-state index contributed by atoms with van der Waals surface area (Å²) in [4.78, 5) is 12.1. The van der Waals surface area contributed by atoms with Crippen molar-refractivity contribution in [3.05, 3.63) is 21.9 Å². The van der Waals surface area contributed by atoms with Crippen molar-refractivity contribution in [3.8, 4) is 0 Å². The first kappa shape index (κ1) is 7.95. The van der Waals surface area contributed by atoms with Gasteiger partial charge in [0.1, 0.15) is 5.78 Å². The van der Waals surface area contributed by atoms with E-state index in [2.05, 4.69) is 11.4 Å². The fourth-order valence-corrected chi connectivity index (χ4v) is 2.44. The van der Waals surface area contributed by atoms with E-state index in [4.69, 9.17) is 5.73 Å². The van der Waals surface area contributed by atoms with Crippen LogP contribution in [-0.4, -0.2) is 5.78 Å². The van der Waals surface area contributed by atoms with Crippen molar-refractivity contribution >= 4 is 17.1 Å². The van der Waals surface area contributed by atoms with E-state index in [1.165, 1.54) is 10.4 Å². The SMILES string of the molecule is NCc1csc(C2CC(=O)C2)c1. The lowest BCUT2D eigenvalue weighted by Gasteiger charge is -2.22. The number of carbonyl (C=O) groups excluding carboxylic acids is 1. The molecular formula is C9H11NOS. The van der Waals surface area contributed by atoms with E-state index in [9.17, 15) is 4.79 Å². The number of carbonyl (C=O) groups is 1. The average Bonchev–Trinajstić information content (AvgIpc) is 2.46. The molecule has 0 aliphatic heterocycles. The third-order valence-electron chi connectivity index (χ3n) is 2.26. The van der Waals surface area contributed by atoms with Gasteiger partial charge in [-0.1, -0.05) is 0 Å². The van der Waals surface area contributed by atoms with Crippen molar-refractivity contribution in [1.82, 2.24) is 0 Å². The Balaban J connectivity index is 2.08. The highest BCUT2D eigenvalue weighted by Gasteiger charge is 2.28. The molecule has 0 aromatic carbocycles. The molecule has 1 aromatic rings. The van der Waals surface area contributed by atoms with Crippen molar-refractivity contribution in [2.75, 3.05) is 0 Å². The molecule has 3 heteroatoms. The molecule has 1 fully saturated rings. The second-order valence-electron chi connectivity index (χ2n) is 3.21.